The summed E-state index contributed by atoms with van der Waals surface area (Å²) in [5.74, 6) is 2.57. The average molecular weight is 474 g/mol. The lowest BCUT2D eigenvalue weighted by molar-refractivity contribution is 0.0899. The van der Waals surface area contributed by atoms with E-state index in [1.807, 2.05) is 13.1 Å². The van der Waals surface area contributed by atoms with E-state index in [0.717, 1.165) is 24.1 Å². The molecule has 0 saturated heterocycles. The second-order valence-corrected chi connectivity index (χ2v) is 8.72. The van der Waals surface area contributed by atoms with E-state index in [1.165, 1.54) is 0 Å². The van der Waals surface area contributed by atoms with E-state index in [-0.39, 0.29) is 30.8 Å². The van der Waals surface area contributed by atoms with Crippen LogP contribution >= 0.6 is 23.2 Å². The molecule has 3 aromatic rings. The van der Waals surface area contributed by atoms with Crippen LogP contribution in [0.15, 0.2) is 40.8 Å². The van der Waals surface area contributed by atoms with Gasteiger partial charge in [0.1, 0.15) is 5.76 Å². The number of nitrogens with zero attached hydrogens (tertiary/aromatic N) is 1. The lowest BCUT2D eigenvalue weighted by Gasteiger charge is -2.35. The number of hydrogen-bond donors (Lipinski definition) is 0. The van der Waals surface area contributed by atoms with Crippen LogP contribution in [-0.4, -0.2) is 38.2 Å². The number of halogens is 2. The third-order valence-electron chi connectivity index (χ3n) is 6.00. The van der Waals surface area contributed by atoms with Gasteiger partial charge in [-0.25, -0.2) is 0 Å². The van der Waals surface area contributed by atoms with Crippen LogP contribution in [0.4, 0.5) is 0 Å². The molecular formula is C24H21Cl2NO5. The topological polar surface area (TPSA) is 61.1 Å². The summed E-state index contributed by atoms with van der Waals surface area (Å²) in [6.07, 6.45) is 1.07. The number of likely N-dealkylation sites (N-methyl/N-ethyl adjacent to an activating group) is 1. The van der Waals surface area contributed by atoms with Gasteiger partial charge in [-0.15, -0.1) is 0 Å². The standard InChI is InChI=1S/C24H21Cl2NO5/c1-27-8-7-13-9-21-23(31-12-30-21)24(29-2)22(13)17(27)11-18(28)20-6-5-19(32-20)15-10-14(25)3-4-16(15)26/h3-6,9-10,17H,7-8,11-12H2,1-2H3/t17-/m0/s1. The van der Waals surface area contributed by atoms with E-state index in [4.69, 9.17) is 41.8 Å². The predicted octanol–water partition coefficient (Wildman–Crippen LogP) is 5.79. The highest BCUT2D eigenvalue weighted by atomic mass is 35.5. The number of methoxy groups -OCH3 is 1. The average Bonchev–Trinajstić information content (AvgIpc) is 3.45. The maximum atomic E-state index is 13.2. The lowest BCUT2D eigenvalue weighted by atomic mass is 9.88. The number of benzene rings is 2. The lowest BCUT2D eigenvalue weighted by Crippen LogP contribution is -2.34. The van der Waals surface area contributed by atoms with Gasteiger partial charge in [0.15, 0.2) is 23.0 Å². The quantitative estimate of drug-likeness (QED) is 0.436. The monoisotopic (exact) mass is 473 g/mol. The fourth-order valence-electron chi connectivity index (χ4n) is 4.38. The van der Waals surface area contributed by atoms with Gasteiger partial charge >= 0.3 is 0 Å². The molecule has 3 heterocycles. The van der Waals surface area contributed by atoms with Crippen molar-refractivity contribution in [1.29, 1.82) is 0 Å². The Morgan fingerprint density at radius 1 is 1.19 bits per heavy atom. The molecule has 0 saturated carbocycles. The molecule has 2 aliphatic heterocycles. The first-order valence-electron chi connectivity index (χ1n) is 10.2. The number of ether oxygens (including phenoxy) is 3. The van der Waals surface area contributed by atoms with Gasteiger partial charge in [0.05, 0.1) is 12.1 Å². The Morgan fingerprint density at radius 3 is 2.84 bits per heavy atom. The summed E-state index contributed by atoms with van der Waals surface area (Å²) in [6, 6.07) is 10.4. The normalized spacial score (nSPS) is 17.3. The molecule has 2 aromatic carbocycles. The first-order valence-corrected chi connectivity index (χ1v) is 11.0. The number of carbonyl (C=O) groups excluding carboxylic acids is 1. The third-order valence-corrected chi connectivity index (χ3v) is 6.56. The highest BCUT2D eigenvalue weighted by molar-refractivity contribution is 6.35. The number of hydrogen-bond acceptors (Lipinski definition) is 6. The molecule has 166 valence electrons. The summed E-state index contributed by atoms with van der Waals surface area (Å²) >= 11 is 12.4. The zero-order valence-corrected chi connectivity index (χ0v) is 19.1. The molecule has 0 fully saturated rings. The van der Waals surface area contributed by atoms with Crippen LogP contribution < -0.4 is 14.2 Å². The van der Waals surface area contributed by atoms with Crippen molar-refractivity contribution in [2.75, 3.05) is 27.5 Å². The van der Waals surface area contributed by atoms with Gasteiger partial charge < -0.3 is 18.6 Å². The summed E-state index contributed by atoms with van der Waals surface area (Å²) in [5.41, 5.74) is 2.71. The second-order valence-electron chi connectivity index (χ2n) is 7.88. The molecule has 32 heavy (non-hydrogen) atoms. The minimum atomic E-state index is -0.181. The van der Waals surface area contributed by atoms with Crippen molar-refractivity contribution in [1.82, 2.24) is 4.90 Å². The van der Waals surface area contributed by atoms with E-state index >= 15 is 0 Å². The molecule has 0 amide bonds. The van der Waals surface area contributed by atoms with Gasteiger partial charge in [0.25, 0.3) is 0 Å². The summed E-state index contributed by atoms with van der Waals surface area (Å²) in [4.78, 5) is 15.4. The smallest absolute Gasteiger partial charge is 0.231 e. The van der Waals surface area contributed by atoms with Crippen molar-refractivity contribution < 1.29 is 23.4 Å². The van der Waals surface area contributed by atoms with Crippen molar-refractivity contribution in [3.8, 4) is 28.6 Å². The minimum absolute atomic E-state index is 0.112. The van der Waals surface area contributed by atoms with Crippen LogP contribution in [0.2, 0.25) is 10.0 Å². The first kappa shape index (κ1) is 21.2. The second kappa shape index (κ2) is 8.35. The van der Waals surface area contributed by atoms with Crippen LogP contribution in [0.1, 0.15) is 34.1 Å². The summed E-state index contributed by atoms with van der Waals surface area (Å²) < 4.78 is 22.8. The summed E-state index contributed by atoms with van der Waals surface area (Å²) in [6.45, 7) is 0.977. The van der Waals surface area contributed by atoms with Gasteiger partial charge in [-0.1, -0.05) is 23.2 Å². The summed E-state index contributed by atoms with van der Waals surface area (Å²) in [5, 5.41) is 1.05. The van der Waals surface area contributed by atoms with E-state index in [1.54, 1.807) is 37.4 Å². The van der Waals surface area contributed by atoms with Crippen LogP contribution in [0.5, 0.6) is 17.2 Å². The molecule has 0 bridgehead atoms. The maximum Gasteiger partial charge on any atom is 0.231 e. The van der Waals surface area contributed by atoms with Gasteiger partial charge in [-0.05, 0) is 55.4 Å². The molecule has 2 aliphatic rings. The number of furan rings is 1. The number of rotatable bonds is 5. The largest absolute Gasteiger partial charge is 0.492 e. The van der Waals surface area contributed by atoms with E-state index in [2.05, 4.69) is 4.90 Å². The molecule has 8 heteroatoms. The van der Waals surface area contributed by atoms with Crippen LogP contribution in [-0.2, 0) is 6.42 Å². The molecule has 1 atom stereocenters. The highest BCUT2D eigenvalue weighted by Crippen LogP contribution is 2.50. The molecule has 0 unspecified atom stereocenters. The Morgan fingerprint density at radius 2 is 2.03 bits per heavy atom. The fraction of sp³-hybridized carbons (Fsp3) is 0.292. The zero-order chi connectivity index (χ0) is 22.4. The van der Waals surface area contributed by atoms with Gasteiger partial charge in [-0.2, -0.15) is 0 Å². The van der Waals surface area contributed by atoms with Gasteiger partial charge in [0, 0.05) is 35.2 Å². The maximum absolute atomic E-state index is 13.2. The first-order chi connectivity index (χ1) is 15.5. The van der Waals surface area contributed by atoms with Crippen molar-refractivity contribution >= 4 is 29.0 Å². The molecule has 0 N–H and O–H groups in total. The highest BCUT2D eigenvalue weighted by Gasteiger charge is 2.35. The molecule has 0 aliphatic carbocycles. The third kappa shape index (κ3) is 3.62. The zero-order valence-electron chi connectivity index (χ0n) is 17.6. The van der Waals surface area contributed by atoms with E-state index in [0.29, 0.717) is 38.6 Å². The number of ketones is 1. The number of carbonyl (C=O) groups is 1. The Bertz CT molecular complexity index is 1210. The van der Waals surface area contributed by atoms with Crippen LogP contribution in [0.3, 0.4) is 0 Å². The van der Waals surface area contributed by atoms with E-state index in [9.17, 15) is 4.79 Å². The Hall–Kier alpha value is -2.67. The van der Waals surface area contributed by atoms with Crippen molar-refractivity contribution in [2.45, 2.75) is 18.9 Å². The Kier molecular flexibility index (Phi) is 5.53. The Labute approximate surface area is 195 Å². The molecule has 1 aromatic heterocycles. The molecule has 5 rings (SSSR count). The van der Waals surface area contributed by atoms with Crippen molar-refractivity contribution in [2.24, 2.45) is 0 Å². The van der Waals surface area contributed by atoms with Gasteiger partial charge in [-0.3, -0.25) is 9.69 Å². The number of fused-ring (bicyclic) bond motifs is 2. The Balaban J connectivity index is 1.46. The summed E-state index contributed by atoms with van der Waals surface area (Å²) in [7, 11) is 3.61. The molecular weight excluding hydrogens is 453 g/mol. The van der Waals surface area contributed by atoms with Crippen molar-refractivity contribution in [3.05, 3.63) is 63.3 Å². The van der Waals surface area contributed by atoms with Gasteiger partial charge in [0.2, 0.25) is 12.5 Å². The van der Waals surface area contributed by atoms with Crippen LogP contribution in [0.25, 0.3) is 11.3 Å². The van der Waals surface area contributed by atoms with Crippen molar-refractivity contribution in [3.63, 3.8) is 0 Å². The molecule has 6 nitrogen and oxygen atoms in total. The number of Topliss-reactive ketones (excluding diaryl/α,β-unsaturated/α-hetero) is 1. The minimum Gasteiger partial charge on any atom is -0.492 e. The predicted molar refractivity (Wildman–Crippen MR) is 121 cm³/mol. The SMILES string of the molecule is COc1c2c(cc3c1[C@H](CC(=O)c1ccc(-c4cc(Cl)ccc4Cl)o1)N(C)CC3)OCO2. The molecule has 0 radical (unpaired) electrons. The fourth-order valence-corrected chi connectivity index (χ4v) is 4.76. The van der Waals surface area contributed by atoms with Crippen LogP contribution in [0, 0.1) is 0 Å². The molecule has 0 spiro atoms. The van der Waals surface area contributed by atoms with E-state index < -0.39 is 0 Å².